The molecule has 0 atom stereocenters. The number of nitrogens with zero attached hydrogens (tertiary/aromatic N) is 3. The SMILES string of the molecule is Nc1nc(SCC(=O)N2CCNC2=O)nc2sc3c(c12)CCCCC3. The Labute approximate surface area is 153 Å². The van der Waals surface area contributed by atoms with Crippen molar-refractivity contribution < 1.29 is 9.59 Å². The van der Waals surface area contributed by atoms with Gasteiger partial charge in [-0.2, -0.15) is 0 Å². The van der Waals surface area contributed by atoms with Crippen LogP contribution in [-0.4, -0.2) is 45.6 Å². The van der Waals surface area contributed by atoms with Crippen molar-refractivity contribution in [3.63, 3.8) is 0 Å². The molecule has 4 rings (SSSR count). The quantitative estimate of drug-likeness (QED) is 0.483. The Morgan fingerprint density at radius 2 is 2.12 bits per heavy atom. The molecule has 2 aromatic heterocycles. The van der Waals surface area contributed by atoms with Crippen molar-refractivity contribution in [3.05, 3.63) is 10.4 Å². The van der Waals surface area contributed by atoms with E-state index in [4.69, 9.17) is 5.73 Å². The van der Waals surface area contributed by atoms with Gasteiger partial charge in [-0.15, -0.1) is 11.3 Å². The molecule has 25 heavy (non-hydrogen) atoms. The summed E-state index contributed by atoms with van der Waals surface area (Å²) in [5.41, 5.74) is 7.53. The van der Waals surface area contributed by atoms with E-state index in [1.807, 2.05) is 0 Å². The number of urea groups is 1. The predicted molar refractivity (Wildman–Crippen MR) is 98.9 cm³/mol. The molecule has 1 saturated heterocycles. The third-order valence-electron chi connectivity index (χ3n) is 4.55. The first kappa shape index (κ1) is 16.6. The number of aromatic nitrogens is 2. The van der Waals surface area contributed by atoms with Gasteiger partial charge in [0.2, 0.25) is 5.91 Å². The van der Waals surface area contributed by atoms with Crippen molar-refractivity contribution in [2.24, 2.45) is 0 Å². The summed E-state index contributed by atoms with van der Waals surface area (Å²) >= 11 is 2.93. The molecule has 2 aliphatic rings. The van der Waals surface area contributed by atoms with Gasteiger partial charge in [0.05, 0.1) is 11.1 Å². The van der Waals surface area contributed by atoms with Gasteiger partial charge in [-0.05, 0) is 31.2 Å². The first-order valence-corrected chi connectivity index (χ1v) is 10.2. The number of anilines is 1. The van der Waals surface area contributed by atoms with Crippen LogP contribution in [0, 0.1) is 0 Å². The van der Waals surface area contributed by atoms with Crippen LogP contribution in [0.1, 0.15) is 29.7 Å². The van der Waals surface area contributed by atoms with Crippen molar-refractivity contribution in [2.45, 2.75) is 37.3 Å². The highest BCUT2D eigenvalue weighted by Crippen LogP contribution is 2.37. The minimum atomic E-state index is -0.330. The number of rotatable bonds is 3. The van der Waals surface area contributed by atoms with Crippen LogP contribution in [0.5, 0.6) is 0 Å². The maximum atomic E-state index is 12.1. The van der Waals surface area contributed by atoms with E-state index in [-0.39, 0.29) is 17.7 Å². The molecule has 9 heteroatoms. The zero-order valence-corrected chi connectivity index (χ0v) is 15.3. The molecule has 0 aromatic carbocycles. The van der Waals surface area contributed by atoms with Crippen molar-refractivity contribution >= 4 is 51.1 Å². The second-order valence-corrected chi connectivity index (χ2v) is 8.23. The summed E-state index contributed by atoms with van der Waals surface area (Å²) in [6.45, 7) is 0.920. The van der Waals surface area contributed by atoms with E-state index in [2.05, 4.69) is 15.3 Å². The zero-order chi connectivity index (χ0) is 17.4. The number of fused-ring (bicyclic) bond motifs is 3. The van der Waals surface area contributed by atoms with Crippen molar-refractivity contribution in [3.8, 4) is 0 Å². The van der Waals surface area contributed by atoms with Gasteiger partial charge in [0.25, 0.3) is 0 Å². The average molecular weight is 377 g/mol. The first-order chi connectivity index (χ1) is 12.1. The summed E-state index contributed by atoms with van der Waals surface area (Å²) < 4.78 is 0. The molecule has 7 nitrogen and oxygen atoms in total. The second kappa shape index (κ2) is 6.80. The molecular formula is C16H19N5O2S2. The molecule has 3 heterocycles. The smallest absolute Gasteiger partial charge is 0.324 e. The van der Waals surface area contributed by atoms with Gasteiger partial charge in [0.1, 0.15) is 10.6 Å². The number of hydrogen-bond donors (Lipinski definition) is 2. The van der Waals surface area contributed by atoms with Crippen LogP contribution < -0.4 is 11.1 Å². The minimum absolute atomic E-state index is 0.128. The normalized spacial score (nSPS) is 17.4. The molecule has 0 radical (unpaired) electrons. The highest BCUT2D eigenvalue weighted by atomic mass is 32.2. The Morgan fingerprint density at radius 3 is 2.92 bits per heavy atom. The standard InChI is InChI=1S/C16H19N5O2S2/c17-13-12-9-4-2-1-3-5-10(9)25-14(12)20-15(19-13)24-8-11(22)21-7-6-18-16(21)23/h1-8H2,(H,18,23)(H2,17,19,20). The Morgan fingerprint density at radius 1 is 1.28 bits per heavy atom. The molecule has 1 aliphatic carbocycles. The fraction of sp³-hybridized carbons (Fsp3) is 0.500. The summed E-state index contributed by atoms with van der Waals surface area (Å²) in [5, 5.41) is 4.11. The molecule has 1 aliphatic heterocycles. The van der Waals surface area contributed by atoms with Gasteiger partial charge in [-0.25, -0.2) is 14.8 Å². The molecule has 0 unspecified atom stereocenters. The fourth-order valence-electron chi connectivity index (χ4n) is 3.32. The van der Waals surface area contributed by atoms with Crippen molar-refractivity contribution in [1.29, 1.82) is 0 Å². The summed E-state index contributed by atoms with van der Waals surface area (Å²) in [7, 11) is 0. The van der Waals surface area contributed by atoms with Crippen LogP contribution in [0.15, 0.2) is 5.16 Å². The number of hydrogen-bond acceptors (Lipinski definition) is 7. The Kier molecular flexibility index (Phi) is 4.51. The second-order valence-electron chi connectivity index (χ2n) is 6.20. The fourth-order valence-corrected chi connectivity index (χ4v) is 5.37. The lowest BCUT2D eigenvalue weighted by atomic mass is 10.1. The van der Waals surface area contributed by atoms with Gasteiger partial charge >= 0.3 is 6.03 Å². The van der Waals surface area contributed by atoms with E-state index in [9.17, 15) is 9.59 Å². The summed E-state index contributed by atoms with van der Waals surface area (Å²) in [6.07, 6.45) is 5.77. The number of nitrogens with two attached hydrogens (primary N) is 1. The number of nitrogens with one attached hydrogen (secondary N) is 1. The molecule has 0 bridgehead atoms. The lowest BCUT2D eigenvalue weighted by Crippen LogP contribution is -2.35. The van der Waals surface area contributed by atoms with Crippen LogP contribution in [0.2, 0.25) is 0 Å². The number of amides is 3. The maximum absolute atomic E-state index is 12.1. The van der Waals surface area contributed by atoms with E-state index < -0.39 is 0 Å². The third-order valence-corrected chi connectivity index (χ3v) is 6.57. The van der Waals surface area contributed by atoms with Gasteiger partial charge < -0.3 is 11.1 Å². The lowest BCUT2D eigenvalue weighted by molar-refractivity contribution is -0.124. The van der Waals surface area contributed by atoms with Crippen LogP contribution in [-0.2, 0) is 17.6 Å². The number of thiophene rings is 1. The minimum Gasteiger partial charge on any atom is -0.383 e. The topological polar surface area (TPSA) is 101 Å². The molecule has 2 aromatic rings. The van der Waals surface area contributed by atoms with E-state index >= 15 is 0 Å². The number of imide groups is 1. The molecule has 0 spiro atoms. The molecule has 132 valence electrons. The van der Waals surface area contributed by atoms with E-state index in [1.54, 1.807) is 11.3 Å². The Hall–Kier alpha value is -1.87. The van der Waals surface area contributed by atoms with E-state index in [1.165, 1.54) is 46.4 Å². The summed E-state index contributed by atoms with van der Waals surface area (Å²) in [6, 6.07) is -0.330. The van der Waals surface area contributed by atoms with Crippen LogP contribution >= 0.6 is 23.1 Å². The number of nitrogen functional groups attached to an aromatic ring is 1. The largest absolute Gasteiger partial charge is 0.383 e. The lowest BCUT2D eigenvalue weighted by Gasteiger charge is -2.11. The zero-order valence-electron chi connectivity index (χ0n) is 13.7. The monoisotopic (exact) mass is 377 g/mol. The third kappa shape index (κ3) is 3.18. The summed E-state index contributed by atoms with van der Waals surface area (Å²) in [4.78, 5) is 36.2. The van der Waals surface area contributed by atoms with Crippen LogP contribution in [0.25, 0.3) is 10.2 Å². The number of carbonyl (C=O) groups is 2. The van der Waals surface area contributed by atoms with E-state index in [0.717, 1.165) is 23.1 Å². The first-order valence-electron chi connectivity index (χ1n) is 8.42. The number of carbonyl (C=O) groups excluding carboxylic acids is 2. The predicted octanol–water partition coefficient (Wildman–Crippen LogP) is 2.19. The molecule has 3 amide bonds. The highest BCUT2D eigenvalue weighted by Gasteiger charge is 2.26. The molecule has 0 saturated carbocycles. The molecule has 3 N–H and O–H groups in total. The van der Waals surface area contributed by atoms with Gasteiger partial charge in [-0.1, -0.05) is 18.2 Å². The van der Waals surface area contributed by atoms with Crippen molar-refractivity contribution in [1.82, 2.24) is 20.2 Å². The molecule has 1 fully saturated rings. The van der Waals surface area contributed by atoms with Gasteiger partial charge in [0, 0.05) is 18.0 Å². The Bertz CT molecular complexity index is 851. The van der Waals surface area contributed by atoms with Crippen LogP contribution in [0.3, 0.4) is 0 Å². The molecular weight excluding hydrogens is 358 g/mol. The number of thioether (sulfide) groups is 1. The average Bonchev–Trinajstić information content (AvgIpc) is 3.09. The maximum Gasteiger partial charge on any atom is 0.324 e. The number of aryl methyl sites for hydroxylation is 2. The van der Waals surface area contributed by atoms with Crippen molar-refractivity contribution in [2.75, 3.05) is 24.6 Å². The van der Waals surface area contributed by atoms with E-state index in [0.29, 0.717) is 24.1 Å². The highest BCUT2D eigenvalue weighted by molar-refractivity contribution is 7.99. The Balaban J connectivity index is 1.55. The summed E-state index contributed by atoms with van der Waals surface area (Å²) in [5.74, 6) is 0.395. The van der Waals surface area contributed by atoms with Crippen LogP contribution in [0.4, 0.5) is 10.6 Å². The van der Waals surface area contributed by atoms with Gasteiger partial charge in [-0.3, -0.25) is 9.69 Å². The van der Waals surface area contributed by atoms with Gasteiger partial charge in [0.15, 0.2) is 5.16 Å².